The van der Waals surface area contributed by atoms with Gasteiger partial charge in [0.1, 0.15) is 12.9 Å². The summed E-state index contributed by atoms with van der Waals surface area (Å²) in [5.41, 5.74) is 0. The zero-order valence-corrected chi connectivity index (χ0v) is 9.98. The molecule has 0 aliphatic heterocycles. The van der Waals surface area contributed by atoms with Crippen LogP contribution in [0, 0.1) is 0 Å². The van der Waals surface area contributed by atoms with Crippen LogP contribution >= 0.6 is 11.8 Å². The molecule has 0 amide bonds. The predicted molar refractivity (Wildman–Crippen MR) is 56.3 cm³/mol. The molecule has 1 aromatic rings. The van der Waals surface area contributed by atoms with Gasteiger partial charge in [-0.25, -0.2) is 0 Å². The monoisotopic (exact) mass is 253 g/mol. The van der Waals surface area contributed by atoms with Gasteiger partial charge in [0.2, 0.25) is 0 Å². The van der Waals surface area contributed by atoms with Crippen LogP contribution in [0.1, 0.15) is 26.7 Å². The summed E-state index contributed by atoms with van der Waals surface area (Å²) < 4.78 is 37.6. The number of halogens is 3. The van der Waals surface area contributed by atoms with Crippen LogP contribution in [0.25, 0.3) is 0 Å². The molecule has 1 atom stereocenters. The Kier molecular flexibility index (Phi) is 4.64. The van der Waals surface area contributed by atoms with Crippen LogP contribution in [0.2, 0.25) is 0 Å². The molecule has 7 heteroatoms. The smallest absolute Gasteiger partial charge is 0.299 e. The van der Waals surface area contributed by atoms with Crippen molar-refractivity contribution < 1.29 is 13.2 Å². The maximum atomic E-state index is 12.2. The molecule has 0 aliphatic carbocycles. The van der Waals surface area contributed by atoms with E-state index in [4.69, 9.17) is 0 Å². The van der Waals surface area contributed by atoms with E-state index >= 15 is 0 Å². The average Bonchev–Trinajstić information content (AvgIpc) is 2.50. The first-order valence-corrected chi connectivity index (χ1v) is 5.91. The van der Waals surface area contributed by atoms with Gasteiger partial charge >= 0.3 is 6.18 Å². The topological polar surface area (TPSA) is 30.7 Å². The normalized spacial score (nSPS) is 14.1. The molecular formula is C9H14F3N3S. The van der Waals surface area contributed by atoms with Gasteiger partial charge < -0.3 is 0 Å². The van der Waals surface area contributed by atoms with Crippen LogP contribution in [-0.4, -0.2) is 26.2 Å². The lowest BCUT2D eigenvalue weighted by atomic mass is 10.3. The zero-order valence-electron chi connectivity index (χ0n) is 9.16. The Labute approximate surface area is 96.4 Å². The molecule has 0 spiro atoms. The van der Waals surface area contributed by atoms with Crippen molar-refractivity contribution >= 4 is 11.8 Å². The summed E-state index contributed by atoms with van der Waals surface area (Å²) in [5.74, 6) is 0. The molecular weight excluding hydrogens is 239 g/mol. The van der Waals surface area contributed by atoms with E-state index in [-0.39, 0.29) is 5.25 Å². The number of nitrogens with zero attached hydrogens (tertiary/aromatic N) is 3. The Morgan fingerprint density at radius 1 is 1.50 bits per heavy atom. The minimum Gasteiger partial charge on any atom is -0.299 e. The number of thioether (sulfide) groups is 1. The molecule has 0 unspecified atom stereocenters. The summed E-state index contributed by atoms with van der Waals surface area (Å²) in [4.78, 5) is 0. The SMILES string of the molecule is CCC[C@H](C)Sc1nncn1CC(F)(F)F. The van der Waals surface area contributed by atoms with Gasteiger partial charge in [0.05, 0.1) is 0 Å². The van der Waals surface area contributed by atoms with Gasteiger partial charge in [-0.3, -0.25) is 4.57 Å². The lowest BCUT2D eigenvalue weighted by molar-refractivity contribution is -0.142. The van der Waals surface area contributed by atoms with E-state index in [0.29, 0.717) is 5.16 Å². The second-order valence-corrected chi connectivity index (χ2v) is 4.98. The summed E-state index contributed by atoms with van der Waals surface area (Å²) >= 11 is 1.33. The Morgan fingerprint density at radius 3 is 2.75 bits per heavy atom. The maximum Gasteiger partial charge on any atom is 0.406 e. The van der Waals surface area contributed by atoms with Crippen LogP contribution in [0.4, 0.5) is 13.2 Å². The minimum absolute atomic E-state index is 0.251. The largest absolute Gasteiger partial charge is 0.406 e. The van der Waals surface area contributed by atoms with Crippen molar-refractivity contribution in [2.24, 2.45) is 0 Å². The van der Waals surface area contributed by atoms with E-state index in [1.54, 1.807) is 0 Å². The van der Waals surface area contributed by atoms with E-state index in [2.05, 4.69) is 10.2 Å². The van der Waals surface area contributed by atoms with Crippen molar-refractivity contribution in [3.63, 3.8) is 0 Å². The van der Waals surface area contributed by atoms with Gasteiger partial charge in [0.15, 0.2) is 5.16 Å². The average molecular weight is 253 g/mol. The molecule has 0 aliphatic rings. The van der Waals surface area contributed by atoms with E-state index in [1.165, 1.54) is 11.8 Å². The number of hydrogen-bond donors (Lipinski definition) is 0. The van der Waals surface area contributed by atoms with Gasteiger partial charge in [-0.15, -0.1) is 10.2 Å². The van der Waals surface area contributed by atoms with Crippen molar-refractivity contribution in [3.05, 3.63) is 6.33 Å². The predicted octanol–water partition coefficient (Wildman–Crippen LogP) is 3.12. The van der Waals surface area contributed by atoms with Crippen LogP contribution in [0.3, 0.4) is 0 Å². The Balaban J connectivity index is 2.63. The molecule has 0 radical (unpaired) electrons. The molecule has 1 rings (SSSR count). The van der Waals surface area contributed by atoms with Crippen molar-refractivity contribution in [2.75, 3.05) is 0 Å². The highest BCUT2D eigenvalue weighted by molar-refractivity contribution is 7.99. The second kappa shape index (κ2) is 5.56. The standard InChI is InChI=1S/C9H14F3N3S/c1-3-4-7(2)16-8-14-13-6-15(8)5-9(10,11)12/h6-7H,3-5H2,1-2H3/t7-/m0/s1. The van der Waals surface area contributed by atoms with Crippen LogP contribution < -0.4 is 0 Å². The molecule has 0 bridgehead atoms. The number of hydrogen-bond acceptors (Lipinski definition) is 3. The number of alkyl halides is 3. The van der Waals surface area contributed by atoms with Gasteiger partial charge in [-0.05, 0) is 6.42 Å². The first-order valence-electron chi connectivity index (χ1n) is 5.03. The third-order valence-corrected chi connectivity index (χ3v) is 3.10. The summed E-state index contributed by atoms with van der Waals surface area (Å²) in [6.07, 6.45) is -1.16. The summed E-state index contributed by atoms with van der Waals surface area (Å²) in [5, 5.41) is 7.79. The van der Waals surface area contributed by atoms with Gasteiger partial charge in [0.25, 0.3) is 0 Å². The molecule has 0 saturated heterocycles. The zero-order chi connectivity index (χ0) is 12.2. The van der Waals surface area contributed by atoms with Crippen LogP contribution in [-0.2, 0) is 6.54 Å². The minimum atomic E-state index is -4.23. The van der Waals surface area contributed by atoms with Crippen molar-refractivity contribution in [2.45, 2.75) is 49.8 Å². The molecule has 16 heavy (non-hydrogen) atoms. The maximum absolute atomic E-state index is 12.2. The van der Waals surface area contributed by atoms with Gasteiger partial charge in [-0.2, -0.15) is 13.2 Å². The molecule has 92 valence electrons. The third kappa shape index (κ3) is 4.42. The highest BCUT2D eigenvalue weighted by Crippen LogP contribution is 2.26. The fourth-order valence-corrected chi connectivity index (χ4v) is 2.34. The molecule has 0 fully saturated rings. The molecule has 3 nitrogen and oxygen atoms in total. The Morgan fingerprint density at radius 2 is 2.19 bits per heavy atom. The van der Waals surface area contributed by atoms with Gasteiger partial charge in [0, 0.05) is 5.25 Å². The third-order valence-electron chi connectivity index (χ3n) is 1.93. The summed E-state index contributed by atoms with van der Waals surface area (Å²) in [6, 6.07) is 0. The molecule has 0 aromatic carbocycles. The molecule has 1 aromatic heterocycles. The summed E-state index contributed by atoms with van der Waals surface area (Å²) in [6.45, 7) is 2.99. The van der Waals surface area contributed by atoms with Crippen molar-refractivity contribution in [1.82, 2.24) is 14.8 Å². The molecule has 0 N–H and O–H groups in total. The first kappa shape index (κ1) is 13.3. The number of rotatable bonds is 5. The van der Waals surface area contributed by atoms with Crippen molar-refractivity contribution in [3.8, 4) is 0 Å². The van der Waals surface area contributed by atoms with Crippen molar-refractivity contribution in [1.29, 1.82) is 0 Å². The lowest BCUT2D eigenvalue weighted by Gasteiger charge is -2.12. The number of aromatic nitrogens is 3. The highest BCUT2D eigenvalue weighted by atomic mass is 32.2. The van der Waals surface area contributed by atoms with E-state index in [1.807, 2.05) is 13.8 Å². The van der Waals surface area contributed by atoms with Crippen LogP contribution in [0.5, 0.6) is 0 Å². The first-order chi connectivity index (χ1) is 7.42. The summed E-state index contributed by atoms with van der Waals surface area (Å²) in [7, 11) is 0. The molecule has 0 saturated carbocycles. The lowest BCUT2D eigenvalue weighted by Crippen LogP contribution is -2.18. The fourth-order valence-electron chi connectivity index (χ4n) is 1.28. The van der Waals surface area contributed by atoms with Crippen LogP contribution in [0.15, 0.2) is 11.5 Å². The Bertz CT molecular complexity index is 324. The fraction of sp³-hybridized carbons (Fsp3) is 0.778. The quantitative estimate of drug-likeness (QED) is 0.755. The van der Waals surface area contributed by atoms with E-state index in [0.717, 1.165) is 23.7 Å². The Hall–Kier alpha value is -0.720. The highest BCUT2D eigenvalue weighted by Gasteiger charge is 2.29. The molecule has 1 heterocycles. The van der Waals surface area contributed by atoms with E-state index < -0.39 is 12.7 Å². The van der Waals surface area contributed by atoms with Gasteiger partial charge in [-0.1, -0.05) is 32.0 Å². The van der Waals surface area contributed by atoms with E-state index in [9.17, 15) is 13.2 Å². The second-order valence-electron chi connectivity index (χ2n) is 3.57.